The van der Waals surface area contributed by atoms with Crippen LogP contribution in [0.2, 0.25) is 0 Å². The van der Waals surface area contributed by atoms with Crippen LogP contribution in [0.25, 0.3) is 11.5 Å². The second kappa shape index (κ2) is 4.49. The van der Waals surface area contributed by atoms with Crippen molar-refractivity contribution in [2.24, 2.45) is 0 Å². The zero-order valence-corrected chi connectivity index (χ0v) is 9.33. The first kappa shape index (κ1) is 10.8. The van der Waals surface area contributed by atoms with Crippen LogP contribution in [-0.4, -0.2) is 39.1 Å². The molecule has 1 fully saturated rings. The Morgan fingerprint density at radius 1 is 1.39 bits per heavy atom. The number of carbonyl (C=O) groups is 1. The SMILES string of the molecule is O=C1CNC(c2nc(-c3cnccn3)no2)CN1. The van der Waals surface area contributed by atoms with E-state index in [9.17, 15) is 4.79 Å². The van der Waals surface area contributed by atoms with Crippen LogP contribution in [0.4, 0.5) is 0 Å². The highest BCUT2D eigenvalue weighted by molar-refractivity contribution is 5.78. The van der Waals surface area contributed by atoms with E-state index in [0.717, 1.165) is 0 Å². The molecule has 3 rings (SSSR count). The van der Waals surface area contributed by atoms with Crippen molar-refractivity contribution >= 4 is 5.91 Å². The van der Waals surface area contributed by atoms with Crippen LogP contribution in [0.15, 0.2) is 23.1 Å². The average Bonchev–Trinajstić information content (AvgIpc) is 2.90. The Bertz CT molecular complexity index is 545. The Balaban J connectivity index is 1.80. The number of amides is 1. The molecular weight excluding hydrogens is 236 g/mol. The second-order valence-corrected chi connectivity index (χ2v) is 3.78. The molecule has 3 heterocycles. The topological polar surface area (TPSA) is 106 Å². The minimum atomic E-state index is -0.166. The maximum atomic E-state index is 11.0. The third-order valence-corrected chi connectivity index (χ3v) is 2.54. The quantitative estimate of drug-likeness (QED) is 0.720. The van der Waals surface area contributed by atoms with E-state index in [1.807, 2.05) is 0 Å². The van der Waals surface area contributed by atoms with Gasteiger partial charge in [-0.05, 0) is 0 Å². The third-order valence-electron chi connectivity index (χ3n) is 2.54. The second-order valence-electron chi connectivity index (χ2n) is 3.78. The lowest BCUT2D eigenvalue weighted by molar-refractivity contribution is -0.121. The number of piperazine rings is 1. The molecule has 8 heteroatoms. The Hall–Kier alpha value is -2.35. The normalized spacial score (nSPS) is 19.6. The standard InChI is InChI=1S/C10H10N6O2/c17-8-5-13-7(4-14-8)10-15-9(16-18-10)6-3-11-1-2-12-6/h1-3,7,13H,4-5H2,(H,14,17). The lowest BCUT2D eigenvalue weighted by Crippen LogP contribution is -2.47. The van der Waals surface area contributed by atoms with Crippen LogP contribution in [0, 0.1) is 0 Å². The molecule has 1 amide bonds. The molecule has 0 spiro atoms. The van der Waals surface area contributed by atoms with E-state index in [0.29, 0.717) is 24.0 Å². The van der Waals surface area contributed by atoms with E-state index in [1.54, 1.807) is 18.6 Å². The summed E-state index contributed by atoms with van der Waals surface area (Å²) in [6, 6.07) is -0.166. The molecule has 1 aliphatic rings. The molecule has 8 nitrogen and oxygen atoms in total. The number of carbonyl (C=O) groups excluding carboxylic acids is 1. The fraction of sp³-hybridized carbons (Fsp3) is 0.300. The van der Waals surface area contributed by atoms with Gasteiger partial charge in [-0.25, -0.2) is 4.98 Å². The Labute approximate surface area is 102 Å². The van der Waals surface area contributed by atoms with Gasteiger partial charge in [-0.1, -0.05) is 5.16 Å². The van der Waals surface area contributed by atoms with Gasteiger partial charge in [0.1, 0.15) is 11.7 Å². The van der Waals surface area contributed by atoms with Crippen molar-refractivity contribution in [3.63, 3.8) is 0 Å². The molecule has 18 heavy (non-hydrogen) atoms. The van der Waals surface area contributed by atoms with Gasteiger partial charge in [0.2, 0.25) is 17.6 Å². The molecule has 1 unspecified atom stereocenters. The van der Waals surface area contributed by atoms with E-state index < -0.39 is 0 Å². The maximum absolute atomic E-state index is 11.0. The third kappa shape index (κ3) is 2.05. The van der Waals surface area contributed by atoms with E-state index in [4.69, 9.17) is 4.52 Å². The summed E-state index contributed by atoms with van der Waals surface area (Å²) in [5.74, 6) is 0.771. The number of rotatable bonds is 2. The largest absolute Gasteiger partial charge is 0.353 e. The summed E-state index contributed by atoms with van der Waals surface area (Å²) in [5, 5.41) is 9.57. The van der Waals surface area contributed by atoms with Crippen molar-refractivity contribution in [3.05, 3.63) is 24.5 Å². The first-order valence-electron chi connectivity index (χ1n) is 5.43. The van der Waals surface area contributed by atoms with Crippen LogP contribution in [-0.2, 0) is 4.79 Å². The van der Waals surface area contributed by atoms with Crippen LogP contribution in [0.3, 0.4) is 0 Å². The number of hydrogen-bond acceptors (Lipinski definition) is 7. The Kier molecular flexibility index (Phi) is 2.69. The van der Waals surface area contributed by atoms with E-state index >= 15 is 0 Å². The molecule has 1 saturated heterocycles. The summed E-state index contributed by atoms with van der Waals surface area (Å²) in [7, 11) is 0. The summed E-state index contributed by atoms with van der Waals surface area (Å²) < 4.78 is 5.15. The summed E-state index contributed by atoms with van der Waals surface area (Å²) in [6.07, 6.45) is 4.69. The number of nitrogens with zero attached hydrogens (tertiary/aromatic N) is 4. The molecule has 0 aliphatic carbocycles. The molecule has 2 aromatic rings. The van der Waals surface area contributed by atoms with Crippen LogP contribution in [0.1, 0.15) is 11.9 Å². The molecule has 0 saturated carbocycles. The Morgan fingerprint density at radius 3 is 3.06 bits per heavy atom. The van der Waals surface area contributed by atoms with Crippen molar-refractivity contribution < 1.29 is 9.32 Å². The van der Waals surface area contributed by atoms with Gasteiger partial charge >= 0.3 is 0 Å². The zero-order chi connectivity index (χ0) is 12.4. The molecule has 1 aliphatic heterocycles. The van der Waals surface area contributed by atoms with Crippen molar-refractivity contribution in [2.75, 3.05) is 13.1 Å². The van der Waals surface area contributed by atoms with Gasteiger partial charge in [0.25, 0.3) is 0 Å². The van der Waals surface area contributed by atoms with E-state index in [1.165, 1.54) is 0 Å². The summed E-state index contributed by atoms with van der Waals surface area (Å²) in [4.78, 5) is 23.3. The van der Waals surface area contributed by atoms with Crippen LogP contribution < -0.4 is 10.6 Å². The van der Waals surface area contributed by atoms with Gasteiger partial charge in [0.15, 0.2) is 0 Å². The monoisotopic (exact) mass is 246 g/mol. The fourth-order valence-electron chi connectivity index (χ4n) is 1.64. The van der Waals surface area contributed by atoms with Crippen molar-refractivity contribution in [1.82, 2.24) is 30.7 Å². The predicted octanol–water partition coefficient (Wildman–Crippen LogP) is -0.713. The van der Waals surface area contributed by atoms with Gasteiger partial charge < -0.3 is 9.84 Å². The molecule has 0 aromatic carbocycles. The van der Waals surface area contributed by atoms with E-state index in [-0.39, 0.29) is 18.5 Å². The molecule has 2 aromatic heterocycles. The summed E-state index contributed by atoms with van der Waals surface area (Å²) in [5.41, 5.74) is 0.548. The first-order chi connectivity index (χ1) is 8.83. The van der Waals surface area contributed by atoms with Gasteiger partial charge in [0.05, 0.1) is 12.7 Å². The number of aromatic nitrogens is 4. The number of nitrogens with one attached hydrogen (secondary N) is 2. The summed E-state index contributed by atoms with van der Waals surface area (Å²) >= 11 is 0. The van der Waals surface area contributed by atoms with Gasteiger partial charge in [-0.15, -0.1) is 0 Å². The van der Waals surface area contributed by atoms with Gasteiger partial charge in [-0.2, -0.15) is 4.98 Å². The maximum Gasteiger partial charge on any atom is 0.245 e. The molecule has 0 bridgehead atoms. The van der Waals surface area contributed by atoms with Crippen molar-refractivity contribution in [2.45, 2.75) is 6.04 Å². The van der Waals surface area contributed by atoms with Gasteiger partial charge in [-0.3, -0.25) is 15.1 Å². The van der Waals surface area contributed by atoms with E-state index in [2.05, 4.69) is 30.7 Å². The average molecular weight is 246 g/mol. The summed E-state index contributed by atoms with van der Waals surface area (Å²) in [6.45, 7) is 0.675. The molecule has 1 atom stereocenters. The Morgan fingerprint density at radius 2 is 2.33 bits per heavy atom. The highest BCUT2D eigenvalue weighted by Gasteiger charge is 2.24. The first-order valence-corrected chi connectivity index (χ1v) is 5.43. The zero-order valence-electron chi connectivity index (χ0n) is 9.33. The van der Waals surface area contributed by atoms with Crippen LogP contribution >= 0.6 is 0 Å². The minimum Gasteiger partial charge on any atom is -0.353 e. The van der Waals surface area contributed by atoms with Crippen molar-refractivity contribution in [3.8, 4) is 11.5 Å². The lowest BCUT2D eigenvalue weighted by Gasteiger charge is -2.20. The number of hydrogen-bond donors (Lipinski definition) is 2. The van der Waals surface area contributed by atoms with Crippen molar-refractivity contribution in [1.29, 1.82) is 0 Å². The smallest absolute Gasteiger partial charge is 0.245 e. The predicted molar refractivity (Wildman–Crippen MR) is 59.1 cm³/mol. The molecule has 2 N–H and O–H groups in total. The highest BCUT2D eigenvalue weighted by Crippen LogP contribution is 2.16. The molecule has 92 valence electrons. The molecule has 0 radical (unpaired) electrons. The van der Waals surface area contributed by atoms with Gasteiger partial charge in [0, 0.05) is 18.9 Å². The lowest BCUT2D eigenvalue weighted by atomic mass is 10.2. The van der Waals surface area contributed by atoms with Crippen LogP contribution in [0.5, 0.6) is 0 Å². The highest BCUT2D eigenvalue weighted by atomic mass is 16.5. The fourth-order valence-corrected chi connectivity index (χ4v) is 1.64. The molecular formula is C10H10N6O2. The minimum absolute atomic E-state index is 0.0417.